The van der Waals surface area contributed by atoms with E-state index in [0.717, 1.165) is 5.56 Å². The molecule has 12 heteroatoms. The number of hydrogen-bond donors (Lipinski definition) is 1. The molecule has 210 valence electrons. The number of aliphatic hydroxyl groups is 1. The lowest BCUT2D eigenvalue weighted by Crippen LogP contribution is -2.47. The molecule has 3 saturated heterocycles. The minimum absolute atomic E-state index is 0.0423. The smallest absolute Gasteiger partial charge is 0.393 e. The highest BCUT2D eigenvalue weighted by atomic mass is 19.4. The van der Waals surface area contributed by atoms with E-state index in [1.54, 1.807) is 26.8 Å². The Morgan fingerprint density at radius 1 is 0.974 bits per heavy atom. The standard InChI is InChI=1S/C27H31F4N5O3/c28-23-15-20(27(29,30)31)16-32-24(23)33-9-5-21(6-10-33)36-14-13-35(26(36)39)17-18-1-3-19(4-2-18)25(38)34-11-7-22(37)8-12-34/h1-4,15-16,21-22,37H,5-14,17H2. The van der Waals surface area contributed by atoms with Gasteiger partial charge in [0.1, 0.15) is 0 Å². The molecule has 3 aliphatic heterocycles. The third-order valence-electron chi connectivity index (χ3n) is 7.81. The molecule has 0 bridgehead atoms. The Morgan fingerprint density at radius 2 is 1.64 bits per heavy atom. The number of amides is 3. The molecule has 2 aromatic rings. The third-order valence-corrected chi connectivity index (χ3v) is 7.81. The van der Waals surface area contributed by atoms with Crippen molar-refractivity contribution in [1.82, 2.24) is 19.7 Å². The van der Waals surface area contributed by atoms with E-state index >= 15 is 0 Å². The lowest BCUT2D eigenvalue weighted by Gasteiger charge is -2.37. The quantitative estimate of drug-likeness (QED) is 0.575. The van der Waals surface area contributed by atoms with Gasteiger partial charge in [0.05, 0.1) is 11.7 Å². The van der Waals surface area contributed by atoms with Crippen LogP contribution in [-0.2, 0) is 12.7 Å². The predicted molar refractivity (Wildman–Crippen MR) is 135 cm³/mol. The normalized spacial score (nSPS) is 19.8. The number of benzene rings is 1. The van der Waals surface area contributed by atoms with Gasteiger partial charge in [0.15, 0.2) is 11.6 Å². The summed E-state index contributed by atoms with van der Waals surface area (Å²) in [6.45, 7) is 3.38. The number of urea groups is 1. The van der Waals surface area contributed by atoms with Crippen LogP contribution < -0.4 is 4.90 Å². The molecule has 0 atom stereocenters. The van der Waals surface area contributed by atoms with Gasteiger partial charge in [-0.1, -0.05) is 12.1 Å². The number of piperidine rings is 2. The predicted octanol–water partition coefficient (Wildman–Crippen LogP) is 3.74. The van der Waals surface area contributed by atoms with Gasteiger partial charge in [-0.2, -0.15) is 13.2 Å². The van der Waals surface area contributed by atoms with Gasteiger partial charge < -0.3 is 24.7 Å². The van der Waals surface area contributed by atoms with Crippen LogP contribution in [0.3, 0.4) is 0 Å². The highest BCUT2D eigenvalue weighted by Gasteiger charge is 2.37. The SMILES string of the molecule is O=C(c1ccc(CN2CCN(C3CCN(c4ncc(C(F)(F)F)cc4F)CC3)C2=O)cc1)N1CCC(O)CC1. The maximum Gasteiger partial charge on any atom is 0.417 e. The summed E-state index contributed by atoms with van der Waals surface area (Å²) in [5.41, 5.74) is 0.370. The largest absolute Gasteiger partial charge is 0.417 e. The summed E-state index contributed by atoms with van der Waals surface area (Å²) >= 11 is 0. The lowest BCUT2D eigenvalue weighted by atomic mass is 10.0. The number of rotatable bonds is 5. The number of aliphatic hydroxyl groups excluding tert-OH is 1. The number of aromatic nitrogens is 1. The molecule has 0 aliphatic carbocycles. The maximum atomic E-state index is 14.4. The van der Waals surface area contributed by atoms with Crippen molar-refractivity contribution in [2.45, 2.75) is 50.6 Å². The molecule has 3 amide bonds. The van der Waals surface area contributed by atoms with Crippen molar-refractivity contribution in [3.63, 3.8) is 0 Å². The summed E-state index contributed by atoms with van der Waals surface area (Å²) < 4.78 is 52.8. The van der Waals surface area contributed by atoms with E-state index in [4.69, 9.17) is 0 Å². The first-order chi connectivity index (χ1) is 18.6. The number of hydrogen-bond acceptors (Lipinski definition) is 5. The van der Waals surface area contributed by atoms with Crippen LogP contribution in [0.15, 0.2) is 36.5 Å². The Hall–Kier alpha value is -3.41. The number of likely N-dealkylation sites (tertiary alicyclic amines) is 1. The Balaban J connectivity index is 1.13. The van der Waals surface area contributed by atoms with E-state index in [-0.39, 0.29) is 29.9 Å². The molecule has 1 aromatic heterocycles. The van der Waals surface area contributed by atoms with Crippen LogP contribution in [0.4, 0.5) is 28.2 Å². The van der Waals surface area contributed by atoms with Crippen molar-refractivity contribution in [3.05, 3.63) is 59.0 Å². The molecular formula is C27H31F4N5O3. The van der Waals surface area contributed by atoms with E-state index in [1.807, 2.05) is 17.0 Å². The van der Waals surface area contributed by atoms with Crippen LogP contribution in [-0.4, -0.2) is 88.1 Å². The first-order valence-corrected chi connectivity index (χ1v) is 13.2. The molecule has 0 spiro atoms. The number of carbonyl (C=O) groups is 2. The van der Waals surface area contributed by atoms with Crippen LogP contribution in [0, 0.1) is 5.82 Å². The zero-order chi connectivity index (χ0) is 27.7. The molecule has 8 nitrogen and oxygen atoms in total. The third kappa shape index (κ3) is 5.95. The Labute approximate surface area is 223 Å². The van der Waals surface area contributed by atoms with Crippen LogP contribution in [0.25, 0.3) is 0 Å². The van der Waals surface area contributed by atoms with Crippen LogP contribution in [0.2, 0.25) is 0 Å². The van der Waals surface area contributed by atoms with Gasteiger partial charge in [0, 0.05) is 63.6 Å². The second-order valence-corrected chi connectivity index (χ2v) is 10.4. The van der Waals surface area contributed by atoms with Gasteiger partial charge in [0.25, 0.3) is 5.91 Å². The topological polar surface area (TPSA) is 80.2 Å². The average Bonchev–Trinajstić information content (AvgIpc) is 3.28. The van der Waals surface area contributed by atoms with E-state index in [1.165, 1.54) is 0 Å². The first-order valence-electron chi connectivity index (χ1n) is 13.2. The van der Waals surface area contributed by atoms with E-state index in [2.05, 4.69) is 4.98 Å². The fourth-order valence-electron chi connectivity index (χ4n) is 5.52. The number of anilines is 1. The molecule has 0 radical (unpaired) electrons. The lowest BCUT2D eigenvalue weighted by molar-refractivity contribution is -0.138. The van der Waals surface area contributed by atoms with Crippen LogP contribution >= 0.6 is 0 Å². The van der Waals surface area contributed by atoms with Gasteiger partial charge >= 0.3 is 12.2 Å². The summed E-state index contributed by atoms with van der Waals surface area (Å²) in [5, 5.41) is 9.65. The summed E-state index contributed by atoms with van der Waals surface area (Å²) in [6.07, 6.45) is -2.07. The molecule has 39 heavy (non-hydrogen) atoms. The van der Waals surface area contributed by atoms with Crippen molar-refractivity contribution in [2.75, 3.05) is 44.2 Å². The number of carbonyl (C=O) groups excluding carboxylic acids is 2. The fraction of sp³-hybridized carbons (Fsp3) is 0.519. The van der Waals surface area contributed by atoms with Crippen molar-refractivity contribution in [3.8, 4) is 0 Å². The first kappa shape index (κ1) is 27.2. The van der Waals surface area contributed by atoms with Crippen molar-refractivity contribution >= 4 is 17.8 Å². The minimum atomic E-state index is -4.65. The van der Waals surface area contributed by atoms with E-state index in [9.17, 15) is 32.3 Å². The van der Waals surface area contributed by atoms with E-state index < -0.39 is 17.6 Å². The molecular weight excluding hydrogens is 518 g/mol. The second-order valence-electron chi connectivity index (χ2n) is 10.4. The van der Waals surface area contributed by atoms with Crippen molar-refractivity contribution < 1.29 is 32.3 Å². The zero-order valence-electron chi connectivity index (χ0n) is 21.4. The van der Waals surface area contributed by atoms with Crippen molar-refractivity contribution in [1.29, 1.82) is 0 Å². The number of nitrogens with zero attached hydrogens (tertiary/aromatic N) is 5. The monoisotopic (exact) mass is 549 g/mol. The molecule has 4 heterocycles. The van der Waals surface area contributed by atoms with E-state index in [0.29, 0.717) is 89.3 Å². The summed E-state index contributed by atoms with van der Waals surface area (Å²) in [6, 6.07) is 7.59. The summed E-state index contributed by atoms with van der Waals surface area (Å²) in [5.74, 6) is -1.17. The highest BCUT2D eigenvalue weighted by molar-refractivity contribution is 5.94. The van der Waals surface area contributed by atoms with Gasteiger partial charge in [-0.15, -0.1) is 0 Å². The Morgan fingerprint density at radius 3 is 2.26 bits per heavy atom. The number of halogens is 4. The van der Waals surface area contributed by atoms with Gasteiger partial charge in [-0.25, -0.2) is 14.2 Å². The second kappa shape index (κ2) is 11.0. The molecule has 0 unspecified atom stereocenters. The van der Waals surface area contributed by atoms with Crippen molar-refractivity contribution in [2.24, 2.45) is 0 Å². The van der Waals surface area contributed by atoms with Crippen LogP contribution in [0.1, 0.15) is 47.2 Å². The zero-order valence-corrected chi connectivity index (χ0v) is 21.4. The minimum Gasteiger partial charge on any atom is -0.393 e. The molecule has 5 rings (SSSR count). The number of alkyl halides is 3. The number of pyridine rings is 1. The van der Waals surface area contributed by atoms with Gasteiger partial charge in [-0.3, -0.25) is 4.79 Å². The van der Waals surface area contributed by atoms with Gasteiger partial charge in [0.2, 0.25) is 0 Å². The van der Waals surface area contributed by atoms with Crippen LogP contribution in [0.5, 0.6) is 0 Å². The molecule has 1 aromatic carbocycles. The summed E-state index contributed by atoms with van der Waals surface area (Å²) in [7, 11) is 0. The summed E-state index contributed by atoms with van der Waals surface area (Å²) in [4.78, 5) is 36.5. The highest BCUT2D eigenvalue weighted by Crippen LogP contribution is 2.32. The van der Waals surface area contributed by atoms with Gasteiger partial charge in [-0.05, 0) is 49.4 Å². The molecule has 3 fully saturated rings. The molecule has 1 N–H and O–H groups in total. The Kier molecular flexibility index (Phi) is 7.66. The maximum absolute atomic E-state index is 14.4. The molecule has 0 saturated carbocycles. The fourth-order valence-corrected chi connectivity index (χ4v) is 5.52. The Bertz CT molecular complexity index is 1190. The average molecular weight is 550 g/mol. The molecule has 3 aliphatic rings.